The highest BCUT2D eigenvalue weighted by atomic mass is 16.7. The Balaban J connectivity index is 2.78. The van der Waals surface area contributed by atoms with Crippen LogP contribution in [0.25, 0.3) is 10.4 Å². The van der Waals surface area contributed by atoms with E-state index >= 15 is 0 Å². The Bertz CT molecular complexity index is 371. The Morgan fingerprint density at radius 3 is 2.42 bits per heavy atom. The van der Waals surface area contributed by atoms with Crippen molar-refractivity contribution in [2.45, 2.75) is 44.7 Å². The second-order valence-electron chi connectivity index (χ2n) is 5.24. The lowest BCUT2D eigenvalue weighted by molar-refractivity contribution is -0.173. The largest absolute Gasteiger partial charge is 0.444 e. The van der Waals surface area contributed by atoms with E-state index in [1.165, 1.54) is 19.1 Å². The van der Waals surface area contributed by atoms with Crippen LogP contribution in [-0.4, -0.2) is 55.7 Å². The van der Waals surface area contributed by atoms with Crippen molar-refractivity contribution in [3.05, 3.63) is 10.4 Å². The molecule has 108 valence electrons. The minimum Gasteiger partial charge on any atom is -0.444 e. The monoisotopic (exact) mass is 272 g/mol. The molecule has 0 N–H and O–H groups in total. The molecule has 1 saturated heterocycles. The number of azide groups is 1. The molecule has 1 aliphatic rings. The Morgan fingerprint density at radius 1 is 1.42 bits per heavy atom. The molecule has 0 aromatic heterocycles. The molecule has 0 radical (unpaired) electrons. The summed E-state index contributed by atoms with van der Waals surface area (Å²) in [5.41, 5.74) is 7.92. The van der Waals surface area contributed by atoms with Crippen LogP contribution in [0.3, 0.4) is 0 Å². The summed E-state index contributed by atoms with van der Waals surface area (Å²) in [5, 5.41) is 3.63. The van der Waals surface area contributed by atoms with Gasteiger partial charge < -0.3 is 14.2 Å². The lowest BCUT2D eigenvalue weighted by atomic mass is 9.97. The van der Waals surface area contributed by atoms with Crippen molar-refractivity contribution in [1.29, 1.82) is 0 Å². The van der Waals surface area contributed by atoms with Crippen LogP contribution in [-0.2, 0) is 14.2 Å². The number of methoxy groups -OCH3 is 2. The second-order valence-corrected chi connectivity index (χ2v) is 5.24. The maximum Gasteiger partial charge on any atom is 0.410 e. The van der Waals surface area contributed by atoms with Crippen molar-refractivity contribution >= 4 is 6.09 Å². The third-order valence-corrected chi connectivity index (χ3v) is 2.71. The smallest absolute Gasteiger partial charge is 0.410 e. The van der Waals surface area contributed by atoms with Crippen LogP contribution in [0.15, 0.2) is 5.11 Å². The molecule has 0 aliphatic carbocycles. The van der Waals surface area contributed by atoms with Crippen LogP contribution >= 0.6 is 0 Å². The Hall–Kier alpha value is -1.50. The van der Waals surface area contributed by atoms with Crippen molar-refractivity contribution in [2.75, 3.05) is 20.8 Å². The molecule has 0 aromatic carbocycles. The average molecular weight is 272 g/mol. The molecule has 1 amide bonds. The van der Waals surface area contributed by atoms with Crippen LogP contribution in [0.2, 0.25) is 0 Å². The standard InChI is InChI=1S/C11H20N4O4/c1-11(2,3)19-10(16)15-6-7(13-14-12)8(15)9(17-4)18-5/h7-9H,6H2,1-5H3. The Morgan fingerprint density at radius 2 is 2.00 bits per heavy atom. The van der Waals surface area contributed by atoms with Crippen molar-refractivity contribution < 1.29 is 19.0 Å². The topological polar surface area (TPSA) is 96.8 Å². The molecule has 0 spiro atoms. The van der Waals surface area contributed by atoms with E-state index in [4.69, 9.17) is 19.7 Å². The average Bonchev–Trinajstić information content (AvgIpc) is 2.28. The van der Waals surface area contributed by atoms with E-state index in [1.807, 2.05) is 0 Å². The van der Waals surface area contributed by atoms with Gasteiger partial charge in [-0.05, 0) is 26.3 Å². The normalized spacial score (nSPS) is 22.7. The van der Waals surface area contributed by atoms with Gasteiger partial charge in [0, 0.05) is 25.7 Å². The summed E-state index contributed by atoms with van der Waals surface area (Å²) in [6.45, 7) is 5.66. The van der Waals surface area contributed by atoms with Gasteiger partial charge in [-0.15, -0.1) is 0 Å². The number of likely N-dealkylation sites (tertiary alicyclic amines) is 1. The minimum absolute atomic E-state index is 0.298. The molecule has 1 aliphatic heterocycles. The number of hydrogen-bond acceptors (Lipinski definition) is 5. The number of carbonyl (C=O) groups excluding carboxylic acids is 1. The SMILES string of the molecule is COC(OC)C1C(N=[N+]=[N-])CN1C(=O)OC(C)(C)C. The zero-order chi connectivity index (χ0) is 14.6. The van der Waals surface area contributed by atoms with E-state index in [0.717, 1.165) is 0 Å². The number of ether oxygens (including phenoxy) is 3. The summed E-state index contributed by atoms with van der Waals surface area (Å²) in [7, 11) is 2.93. The van der Waals surface area contributed by atoms with Crippen molar-refractivity contribution in [1.82, 2.24) is 4.90 Å². The first-order chi connectivity index (χ1) is 8.84. The highest BCUT2D eigenvalue weighted by Crippen LogP contribution is 2.28. The van der Waals surface area contributed by atoms with Gasteiger partial charge in [-0.2, -0.15) is 0 Å². The molecule has 1 heterocycles. The Kier molecular flexibility index (Phi) is 4.99. The molecular formula is C11H20N4O4. The summed E-state index contributed by atoms with van der Waals surface area (Å²) in [4.78, 5) is 16.2. The van der Waals surface area contributed by atoms with Gasteiger partial charge in [0.1, 0.15) is 5.60 Å². The van der Waals surface area contributed by atoms with Gasteiger partial charge >= 0.3 is 6.09 Å². The molecule has 8 heteroatoms. The third kappa shape index (κ3) is 3.73. The van der Waals surface area contributed by atoms with E-state index in [2.05, 4.69) is 10.0 Å². The molecular weight excluding hydrogens is 252 g/mol. The predicted molar refractivity (Wildman–Crippen MR) is 67.5 cm³/mol. The van der Waals surface area contributed by atoms with Gasteiger partial charge in [0.15, 0.2) is 6.29 Å². The fourth-order valence-electron chi connectivity index (χ4n) is 1.89. The van der Waals surface area contributed by atoms with Gasteiger partial charge in [0.25, 0.3) is 0 Å². The second kappa shape index (κ2) is 6.10. The first-order valence-electron chi connectivity index (χ1n) is 5.93. The molecule has 0 saturated carbocycles. The molecule has 19 heavy (non-hydrogen) atoms. The fourth-order valence-corrected chi connectivity index (χ4v) is 1.89. The maximum absolute atomic E-state index is 12.0. The van der Waals surface area contributed by atoms with Crippen molar-refractivity contribution in [3.8, 4) is 0 Å². The van der Waals surface area contributed by atoms with Gasteiger partial charge in [-0.1, -0.05) is 5.11 Å². The van der Waals surface area contributed by atoms with E-state index in [-0.39, 0.29) is 6.04 Å². The third-order valence-electron chi connectivity index (χ3n) is 2.71. The van der Waals surface area contributed by atoms with E-state index < -0.39 is 24.0 Å². The summed E-state index contributed by atoms with van der Waals surface area (Å²) in [6.07, 6.45) is -1.13. The van der Waals surface area contributed by atoms with Crippen LogP contribution in [0.4, 0.5) is 4.79 Å². The fraction of sp³-hybridized carbons (Fsp3) is 0.909. The molecule has 2 atom stereocenters. The van der Waals surface area contributed by atoms with E-state index in [0.29, 0.717) is 6.54 Å². The lowest BCUT2D eigenvalue weighted by Crippen LogP contribution is -2.67. The highest BCUT2D eigenvalue weighted by molar-refractivity contribution is 5.70. The molecule has 1 fully saturated rings. The summed E-state index contributed by atoms with van der Waals surface area (Å²) >= 11 is 0. The number of nitrogens with zero attached hydrogens (tertiary/aromatic N) is 4. The zero-order valence-electron chi connectivity index (χ0n) is 11.9. The minimum atomic E-state index is -0.656. The summed E-state index contributed by atoms with van der Waals surface area (Å²) in [5.74, 6) is 0. The highest BCUT2D eigenvalue weighted by Gasteiger charge is 2.48. The first kappa shape index (κ1) is 15.6. The van der Waals surface area contributed by atoms with E-state index in [9.17, 15) is 4.79 Å². The van der Waals surface area contributed by atoms with Crippen molar-refractivity contribution in [2.24, 2.45) is 5.11 Å². The van der Waals surface area contributed by atoms with E-state index in [1.54, 1.807) is 20.8 Å². The van der Waals surface area contributed by atoms with Gasteiger partial charge in [-0.25, -0.2) is 4.79 Å². The Labute approximate surface area is 112 Å². The van der Waals surface area contributed by atoms with Gasteiger partial charge in [-0.3, -0.25) is 4.90 Å². The molecule has 8 nitrogen and oxygen atoms in total. The van der Waals surface area contributed by atoms with Crippen LogP contribution in [0.1, 0.15) is 20.8 Å². The molecule has 0 aromatic rings. The number of amides is 1. The maximum atomic E-state index is 12.0. The number of hydrogen-bond donors (Lipinski definition) is 0. The molecule has 0 bridgehead atoms. The quantitative estimate of drug-likeness (QED) is 0.338. The summed E-state index contributed by atoms with van der Waals surface area (Å²) < 4.78 is 15.5. The number of carbonyl (C=O) groups is 1. The van der Waals surface area contributed by atoms with Crippen molar-refractivity contribution in [3.63, 3.8) is 0 Å². The molecule has 2 unspecified atom stereocenters. The summed E-state index contributed by atoms with van der Waals surface area (Å²) in [6, 6.07) is -0.844. The number of rotatable bonds is 4. The lowest BCUT2D eigenvalue weighted by Gasteiger charge is -2.48. The first-order valence-corrected chi connectivity index (χ1v) is 5.93. The zero-order valence-corrected chi connectivity index (χ0v) is 11.9. The van der Waals surface area contributed by atoms with Gasteiger partial charge in [0.05, 0.1) is 12.1 Å². The van der Waals surface area contributed by atoms with Crippen LogP contribution in [0.5, 0.6) is 0 Å². The van der Waals surface area contributed by atoms with Crippen LogP contribution < -0.4 is 0 Å². The molecule has 1 rings (SSSR count). The van der Waals surface area contributed by atoms with Gasteiger partial charge in [0.2, 0.25) is 0 Å². The van der Waals surface area contributed by atoms with Crippen LogP contribution in [0, 0.1) is 0 Å². The predicted octanol–water partition coefficient (Wildman–Crippen LogP) is 1.90.